The van der Waals surface area contributed by atoms with Crippen LogP contribution in [0.2, 0.25) is 0 Å². The first-order chi connectivity index (χ1) is 9.41. The van der Waals surface area contributed by atoms with Crippen LogP contribution < -0.4 is 5.32 Å². The number of nitrogens with one attached hydrogen (secondary N) is 1. The summed E-state index contributed by atoms with van der Waals surface area (Å²) in [6.07, 6.45) is 2.24. The van der Waals surface area contributed by atoms with Gasteiger partial charge in [-0.25, -0.2) is 0 Å². The van der Waals surface area contributed by atoms with Gasteiger partial charge in [0.1, 0.15) is 0 Å². The zero-order valence-electron chi connectivity index (χ0n) is 13.5. The van der Waals surface area contributed by atoms with E-state index in [0.717, 1.165) is 31.5 Å². The molecule has 1 N–H and O–H groups in total. The van der Waals surface area contributed by atoms with Crippen LogP contribution in [0.3, 0.4) is 0 Å². The van der Waals surface area contributed by atoms with Crippen molar-refractivity contribution in [3.05, 3.63) is 35.4 Å². The Kier molecular flexibility index (Phi) is 6.24. The molecule has 118 valence electrons. The fourth-order valence-corrected chi connectivity index (χ4v) is 2.69. The molecule has 1 atom stereocenters. The summed E-state index contributed by atoms with van der Waals surface area (Å²) in [5.41, 5.74) is 2.19. The number of benzene rings is 1. The van der Waals surface area contributed by atoms with E-state index in [0.29, 0.717) is 6.04 Å². The summed E-state index contributed by atoms with van der Waals surface area (Å²) in [7, 11) is 1.97. The standard InChI is InChI=1S/C17H26N2O.ClH/c1-17(2,3)14-9-7-13(8-10-14)16(20)19-11-5-6-15(12-19)18-4;/h7-10,15,18H,5-6,11-12H2,1-4H3;1H. The highest BCUT2D eigenvalue weighted by molar-refractivity contribution is 5.94. The van der Waals surface area contributed by atoms with Crippen LogP contribution in [0, 0.1) is 0 Å². The molecule has 1 unspecified atom stereocenters. The van der Waals surface area contributed by atoms with Crippen molar-refractivity contribution >= 4 is 18.3 Å². The van der Waals surface area contributed by atoms with Gasteiger partial charge < -0.3 is 10.2 Å². The van der Waals surface area contributed by atoms with Gasteiger partial charge in [-0.15, -0.1) is 12.4 Å². The van der Waals surface area contributed by atoms with E-state index in [1.54, 1.807) is 0 Å². The Hall–Kier alpha value is -1.06. The van der Waals surface area contributed by atoms with Crippen molar-refractivity contribution in [2.75, 3.05) is 20.1 Å². The number of carbonyl (C=O) groups excluding carboxylic acids is 1. The Morgan fingerprint density at radius 3 is 2.38 bits per heavy atom. The third-order valence-corrected chi connectivity index (χ3v) is 4.11. The van der Waals surface area contributed by atoms with Crippen molar-refractivity contribution in [3.63, 3.8) is 0 Å². The molecule has 1 amide bonds. The molecular formula is C17H27ClN2O. The smallest absolute Gasteiger partial charge is 0.253 e. The summed E-state index contributed by atoms with van der Waals surface area (Å²) in [4.78, 5) is 14.5. The van der Waals surface area contributed by atoms with E-state index in [4.69, 9.17) is 0 Å². The van der Waals surface area contributed by atoms with Crippen molar-refractivity contribution in [2.45, 2.75) is 45.1 Å². The average molecular weight is 311 g/mol. The van der Waals surface area contributed by atoms with Crippen LogP contribution in [0.1, 0.15) is 49.5 Å². The van der Waals surface area contributed by atoms with Gasteiger partial charge in [0.05, 0.1) is 0 Å². The number of hydrogen-bond acceptors (Lipinski definition) is 2. The largest absolute Gasteiger partial charge is 0.337 e. The molecule has 0 saturated carbocycles. The van der Waals surface area contributed by atoms with Gasteiger partial charge in [-0.05, 0) is 43.0 Å². The molecule has 0 aliphatic carbocycles. The number of hydrogen-bond donors (Lipinski definition) is 1. The van der Waals surface area contributed by atoms with Crippen LogP contribution in [-0.2, 0) is 5.41 Å². The van der Waals surface area contributed by atoms with Gasteiger partial charge >= 0.3 is 0 Å². The van der Waals surface area contributed by atoms with Gasteiger partial charge in [0.15, 0.2) is 0 Å². The Balaban J connectivity index is 0.00000220. The molecule has 1 aliphatic heterocycles. The van der Waals surface area contributed by atoms with E-state index >= 15 is 0 Å². The van der Waals surface area contributed by atoms with E-state index in [1.807, 2.05) is 24.1 Å². The van der Waals surface area contributed by atoms with Crippen molar-refractivity contribution in [1.82, 2.24) is 10.2 Å². The highest BCUT2D eigenvalue weighted by Crippen LogP contribution is 2.23. The maximum Gasteiger partial charge on any atom is 0.253 e. The minimum atomic E-state index is 0. The molecule has 0 spiro atoms. The summed E-state index contributed by atoms with van der Waals surface area (Å²) >= 11 is 0. The Morgan fingerprint density at radius 1 is 1.24 bits per heavy atom. The number of carbonyl (C=O) groups is 1. The number of likely N-dealkylation sites (N-methyl/N-ethyl adjacent to an activating group) is 1. The Bertz CT molecular complexity index is 465. The predicted molar refractivity (Wildman–Crippen MR) is 90.4 cm³/mol. The topological polar surface area (TPSA) is 32.3 Å². The minimum absolute atomic E-state index is 0. The summed E-state index contributed by atoms with van der Waals surface area (Å²) in [5.74, 6) is 0.158. The monoisotopic (exact) mass is 310 g/mol. The van der Waals surface area contributed by atoms with Gasteiger partial charge in [-0.1, -0.05) is 32.9 Å². The van der Waals surface area contributed by atoms with E-state index < -0.39 is 0 Å². The molecule has 1 saturated heterocycles. The molecule has 0 aromatic heterocycles. The molecule has 1 aromatic carbocycles. The fraction of sp³-hybridized carbons (Fsp3) is 0.588. The van der Waals surface area contributed by atoms with Crippen LogP contribution in [0.4, 0.5) is 0 Å². The van der Waals surface area contributed by atoms with Gasteiger partial charge in [0.25, 0.3) is 5.91 Å². The average Bonchev–Trinajstić information content (AvgIpc) is 2.46. The first-order valence-corrected chi connectivity index (χ1v) is 7.49. The van der Waals surface area contributed by atoms with Crippen LogP contribution in [0.25, 0.3) is 0 Å². The summed E-state index contributed by atoms with van der Waals surface area (Å²) in [6, 6.07) is 8.51. The molecule has 1 heterocycles. The van der Waals surface area contributed by atoms with Crippen molar-refractivity contribution < 1.29 is 4.79 Å². The summed E-state index contributed by atoms with van der Waals surface area (Å²) < 4.78 is 0. The van der Waals surface area contributed by atoms with Crippen LogP contribution >= 0.6 is 12.4 Å². The van der Waals surface area contributed by atoms with Gasteiger partial charge in [0.2, 0.25) is 0 Å². The summed E-state index contributed by atoms with van der Waals surface area (Å²) in [5, 5.41) is 3.28. The number of piperidine rings is 1. The number of nitrogens with zero attached hydrogens (tertiary/aromatic N) is 1. The molecule has 0 bridgehead atoms. The molecule has 21 heavy (non-hydrogen) atoms. The molecule has 1 aromatic rings. The van der Waals surface area contributed by atoms with Crippen LogP contribution in [0.5, 0.6) is 0 Å². The molecule has 1 aliphatic rings. The fourth-order valence-electron chi connectivity index (χ4n) is 2.69. The van der Waals surface area contributed by atoms with E-state index in [2.05, 4.69) is 38.2 Å². The third-order valence-electron chi connectivity index (χ3n) is 4.11. The molecule has 4 heteroatoms. The lowest BCUT2D eigenvalue weighted by Crippen LogP contribution is -2.46. The first kappa shape index (κ1) is 18.0. The number of likely N-dealkylation sites (tertiary alicyclic amines) is 1. The summed E-state index contributed by atoms with van der Waals surface area (Å²) in [6.45, 7) is 8.25. The van der Waals surface area contributed by atoms with Gasteiger partial charge in [-0.2, -0.15) is 0 Å². The lowest BCUT2D eigenvalue weighted by Gasteiger charge is -2.32. The lowest BCUT2D eigenvalue weighted by molar-refractivity contribution is 0.0698. The molecule has 3 nitrogen and oxygen atoms in total. The molecule has 0 radical (unpaired) electrons. The predicted octanol–water partition coefficient (Wildman–Crippen LogP) is 3.23. The highest BCUT2D eigenvalue weighted by atomic mass is 35.5. The molecular weight excluding hydrogens is 284 g/mol. The van der Waals surface area contributed by atoms with Crippen molar-refractivity contribution in [3.8, 4) is 0 Å². The minimum Gasteiger partial charge on any atom is -0.337 e. The quantitative estimate of drug-likeness (QED) is 0.909. The maximum atomic E-state index is 12.5. The maximum absolute atomic E-state index is 12.5. The number of rotatable bonds is 2. The second-order valence-electron chi connectivity index (χ2n) is 6.71. The van der Waals surface area contributed by atoms with Crippen molar-refractivity contribution in [1.29, 1.82) is 0 Å². The normalized spacial score (nSPS) is 19.0. The zero-order valence-corrected chi connectivity index (χ0v) is 14.3. The van der Waals surface area contributed by atoms with E-state index in [1.165, 1.54) is 5.56 Å². The van der Waals surface area contributed by atoms with Gasteiger partial charge in [0, 0.05) is 24.7 Å². The van der Waals surface area contributed by atoms with Crippen molar-refractivity contribution in [2.24, 2.45) is 0 Å². The van der Waals surface area contributed by atoms with E-state index in [-0.39, 0.29) is 23.7 Å². The third kappa shape index (κ3) is 4.45. The van der Waals surface area contributed by atoms with Gasteiger partial charge in [-0.3, -0.25) is 4.79 Å². The highest BCUT2D eigenvalue weighted by Gasteiger charge is 2.23. The SMILES string of the molecule is CNC1CCCN(C(=O)c2ccc(C(C)(C)C)cc2)C1.Cl. The first-order valence-electron chi connectivity index (χ1n) is 7.49. The van der Waals surface area contributed by atoms with E-state index in [9.17, 15) is 4.79 Å². The zero-order chi connectivity index (χ0) is 14.8. The lowest BCUT2D eigenvalue weighted by atomic mass is 9.86. The Labute approximate surface area is 134 Å². The molecule has 2 rings (SSSR count). The number of halogens is 1. The van der Waals surface area contributed by atoms with Crippen LogP contribution in [0.15, 0.2) is 24.3 Å². The second-order valence-corrected chi connectivity index (χ2v) is 6.71. The number of amides is 1. The van der Waals surface area contributed by atoms with Crippen LogP contribution in [-0.4, -0.2) is 37.0 Å². The Morgan fingerprint density at radius 2 is 1.86 bits per heavy atom. The molecule has 1 fully saturated rings. The second kappa shape index (κ2) is 7.28.